The van der Waals surface area contributed by atoms with Crippen LogP contribution >= 0.6 is 0 Å². The van der Waals surface area contributed by atoms with E-state index in [9.17, 15) is 0 Å². The molecule has 0 amide bonds. The van der Waals surface area contributed by atoms with Crippen molar-refractivity contribution in [2.24, 2.45) is 0 Å². The van der Waals surface area contributed by atoms with Gasteiger partial charge in [-0.2, -0.15) is 4.98 Å². The molecule has 0 unspecified atom stereocenters. The Bertz CT molecular complexity index is 1220. The van der Waals surface area contributed by atoms with Crippen LogP contribution in [0, 0.1) is 0 Å². The molecule has 0 aliphatic rings. The van der Waals surface area contributed by atoms with Crippen LogP contribution in [0.4, 0.5) is 17.3 Å². The molecule has 0 fully saturated rings. The minimum Gasteiger partial charge on any atom is -0.399 e. The van der Waals surface area contributed by atoms with Gasteiger partial charge in [0.15, 0.2) is 5.65 Å². The van der Waals surface area contributed by atoms with E-state index in [-0.39, 0.29) is 0 Å². The summed E-state index contributed by atoms with van der Waals surface area (Å²) in [6.07, 6.45) is 1.87. The van der Waals surface area contributed by atoms with Gasteiger partial charge >= 0.3 is 0 Å². The zero-order valence-corrected chi connectivity index (χ0v) is 13.6. The van der Waals surface area contributed by atoms with Crippen LogP contribution in [0.5, 0.6) is 0 Å². The molecule has 3 aromatic heterocycles. The molecule has 0 aliphatic heterocycles. The van der Waals surface area contributed by atoms with Crippen molar-refractivity contribution in [2.75, 3.05) is 11.1 Å². The highest BCUT2D eigenvalue weighted by molar-refractivity contribution is 5.75. The molecule has 0 saturated heterocycles. The third-order valence-corrected chi connectivity index (χ3v) is 4.08. The van der Waals surface area contributed by atoms with Crippen LogP contribution in [0.25, 0.3) is 22.4 Å². The number of pyridine rings is 1. The van der Waals surface area contributed by atoms with Crippen LogP contribution in [0.15, 0.2) is 66.9 Å². The summed E-state index contributed by atoms with van der Waals surface area (Å²) in [6, 6.07) is 19.1. The zero-order valence-electron chi connectivity index (χ0n) is 13.6. The van der Waals surface area contributed by atoms with E-state index in [4.69, 9.17) is 5.73 Å². The van der Waals surface area contributed by atoms with Crippen molar-refractivity contribution in [1.29, 1.82) is 0 Å². The van der Waals surface area contributed by atoms with Gasteiger partial charge in [-0.3, -0.25) is 0 Å². The summed E-state index contributed by atoms with van der Waals surface area (Å²) in [7, 11) is 0. The van der Waals surface area contributed by atoms with E-state index in [1.807, 2.05) is 66.9 Å². The number of nitrogens with one attached hydrogen (secondary N) is 1. The van der Waals surface area contributed by atoms with Crippen LogP contribution in [0.1, 0.15) is 0 Å². The fourth-order valence-electron chi connectivity index (χ4n) is 2.81. The number of benzene rings is 2. The molecule has 5 aromatic rings. The second kappa shape index (κ2) is 5.55. The molecule has 0 aliphatic carbocycles. The molecule has 0 spiro atoms. The predicted molar refractivity (Wildman–Crippen MR) is 99.5 cm³/mol. The number of para-hydroxylation sites is 1. The lowest BCUT2D eigenvalue weighted by atomic mass is 10.3. The normalized spacial score (nSPS) is 11.2. The van der Waals surface area contributed by atoms with E-state index < -0.39 is 0 Å². The van der Waals surface area contributed by atoms with Gasteiger partial charge in [-0.15, -0.1) is 10.2 Å². The average Bonchev–Trinajstić information content (AvgIpc) is 3.26. The molecule has 0 atom stereocenters. The first-order valence-electron chi connectivity index (χ1n) is 8.06. The SMILES string of the molecule is Nc1ccc(Nc2nc3ccc(-n4nnc5ccccc54)cn3n2)cc1. The molecule has 3 N–H and O–H groups in total. The molecular weight excluding hydrogens is 328 g/mol. The molecule has 126 valence electrons. The van der Waals surface area contributed by atoms with Gasteiger partial charge < -0.3 is 11.1 Å². The highest BCUT2D eigenvalue weighted by Gasteiger charge is 2.09. The predicted octanol–water partition coefficient (Wildman–Crippen LogP) is 2.79. The van der Waals surface area contributed by atoms with Crippen molar-refractivity contribution in [1.82, 2.24) is 29.6 Å². The highest BCUT2D eigenvalue weighted by Crippen LogP contribution is 2.19. The van der Waals surface area contributed by atoms with Crippen LogP contribution in [0.2, 0.25) is 0 Å². The monoisotopic (exact) mass is 342 g/mol. The first kappa shape index (κ1) is 14.4. The Morgan fingerprint density at radius 1 is 0.923 bits per heavy atom. The quantitative estimate of drug-likeness (QED) is 0.489. The molecule has 5 rings (SSSR count). The van der Waals surface area contributed by atoms with E-state index in [0.29, 0.717) is 11.6 Å². The third kappa shape index (κ3) is 2.40. The van der Waals surface area contributed by atoms with Crippen LogP contribution < -0.4 is 11.1 Å². The molecule has 0 bridgehead atoms. The lowest BCUT2D eigenvalue weighted by Gasteiger charge is -2.02. The summed E-state index contributed by atoms with van der Waals surface area (Å²) < 4.78 is 3.49. The number of nitrogen functional groups attached to an aromatic ring is 1. The van der Waals surface area contributed by atoms with Gasteiger partial charge in [0.1, 0.15) is 5.52 Å². The Kier molecular flexibility index (Phi) is 3.08. The summed E-state index contributed by atoms with van der Waals surface area (Å²) in [4.78, 5) is 4.48. The first-order valence-corrected chi connectivity index (χ1v) is 8.06. The minimum atomic E-state index is 0.510. The number of rotatable bonds is 3. The Morgan fingerprint density at radius 2 is 1.77 bits per heavy atom. The van der Waals surface area contributed by atoms with Crippen LogP contribution in [-0.4, -0.2) is 29.6 Å². The van der Waals surface area contributed by atoms with Crippen molar-refractivity contribution in [3.63, 3.8) is 0 Å². The highest BCUT2D eigenvalue weighted by atomic mass is 15.4. The van der Waals surface area contributed by atoms with Gasteiger partial charge in [-0.05, 0) is 48.5 Å². The summed E-state index contributed by atoms with van der Waals surface area (Å²) in [6.45, 7) is 0. The molecule has 8 nitrogen and oxygen atoms in total. The van der Waals surface area contributed by atoms with Crippen LogP contribution in [-0.2, 0) is 0 Å². The number of hydrogen-bond acceptors (Lipinski definition) is 6. The first-order chi connectivity index (χ1) is 12.8. The maximum Gasteiger partial charge on any atom is 0.247 e. The number of hydrogen-bond donors (Lipinski definition) is 2. The number of nitrogens with two attached hydrogens (primary N) is 1. The smallest absolute Gasteiger partial charge is 0.247 e. The molecular formula is C18H14N8. The van der Waals surface area contributed by atoms with Crippen molar-refractivity contribution >= 4 is 34.0 Å². The van der Waals surface area contributed by atoms with Gasteiger partial charge in [0.25, 0.3) is 0 Å². The van der Waals surface area contributed by atoms with Gasteiger partial charge in [0, 0.05) is 11.4 Å². The maximum absolute atomic E-state index is 5.71. The van der Waals surface area contributed by atoms with Gasteiger partial charge in [-0.25, -0.2) is 9.20 Å². The number of nitrogens with zero attached hydrogens (tertiary/aromatic N) is 6. The molecule has 8 heteroatoms. The van der Waals surface area contributed by atoms with Crippen LogP contribution in [0.3, 0.4) is 0 Å². The lowest BCUT2D eigenvalue weighted by Crippen LogP contribution is -1.99. The number of aromatic nitrogens is 6. The summed E-state index contributed by atoms with van der Waals surface area (Å²) in [5, 5.41) is 16.1. The second-order valence-electron chi connectivity index (χ2n) is 5.86. The third-order valence-electron chi connectivity index (χ3n) is 4.08. The molecule has 2 aromatic carbocycles. The van der Waals surface area contributed by atoms with Crippen molar-refractivity contribution in [2.45, 2.75) is 0 Å². The average molecular weight is 342 g/mol. The largest absolute Gasteiger partial charge is 0.399 e. The molecule has 0 radical (unpaired) electrons. The summed E-state index contributed by atoms with van der Waals surface area (Å²) in [5.41, 5.74) is 10.7. The van der Waals surface area contributed by atoms with Gasteiger partial charge in [0.05, 0.1) is 17.4 Å². The van der Waals surface area contributed by atoms with Gasteiger partial charge in [-0.1, -0.05) is 17.3 Å². The van der Waals surface area contributed by atoms with E-state index in [0.717, 1.165) is 28.1 Å². The minimum absolute atomic E-state index is 0.510. The van der Waals surface area contributed by atoms with E-state index in [2.05, 4.69) is 25.7 Å². The number of anilines is 3. The second-order valence-corrected chi connectivity index (χ2v) is 5.86. The number of fused-ring (bicyclic) bond motifs is 2. The molecule has 26 heavy (non-hydrogen) atoms. The van der Waals surface area contributed by atoms with Crippen molar-refractivity contribution in [3.05, 3.63) is 66.9 Å². The maximum atomic E-state index is 5.71. The van der Waals surface area contributed by atoms with Crippen molar-refractivity contribution < 1.29 is 0 Å². The standard InChI is InChI=1S/C18H14N8/c19-12-5-7-13(8-6-12)20-18-21-17-10-9-14(11-25(17)23-18)26-16-4-2-1-3-15(16)22-24-26/h1-11H,19H2,(H,20,23). The Hall–Kier alpha value is -3.94. The fourth-order valence-corrected chi connectivity index (χ4v) is 2.81. The van der Waals surface area contributed by atoms with E-state index >= 15 is 0 Å². The Labute approximate surface area is 147 Å². The van der Waals surface area contributed by atoms with E-state index in [1.165, 1.54) is 0 Å². The van der Waals surface area contributed by atoms with Gasteiger partial charge in [0.2, 0.25) is 5.95 Å². The Morgan fingerprint density at radius 3 is 2.65 bits per heavy atom. The lowest BCUT2D eigenvalue weighted by molar-refractivity contribution is 0.811. The van der Waals surface area contributed by atoms with E-state index in [1.54, 1.807) is 9.20 Å². The summed E-state index contributed by atoms with van der Waals surface area (Å²) in [5.74, 6) is 0.510. The molecule has 3 heterocycles. The topological polar surface area (TPSA) is 98.9 Å². The fraction of sp³-hybridized carbons (Fsp3) is 0. The van der Waals surface area contributed by atoms with Crippen molar-refractivity contribution in [3.8, 4) is 5.69 Å². The molecule has 0 saturated carbocycles. The summed E-state index contributed by atoms with van der Waals surface area (Å²) >= 11 is 0. The Balaban J connectivity index is 1.52. The zero-order chi connectivity index (χ0) is 17.5.